The maximum atomic E-state index is 11.4. The van der Waals surface area contributed by atoms with Gasteiger partial charge in [0.05, 0.1) is 0 Å². The van der Waals surface area contributed by atoms with Crippen molar-refractivity contribution >= 4 is 0 Å². The van der Waals surface area contributed by atoms with E-state index in [2.05, 4.69) is 44.7 Å². The van der Waals surface area contributed by atoms with Crippen LogP contribution in [0.5, 0.6) is 0 Å². The van der Waals surface area contributed by atoms with Crippen LogP contribution in [0.15, 0.2) is 84.9 Å². The topological polar surface area (TPSA) is 20.2 Å². The first kappa shape index (κ1) is 18.0. The number of benzene rings is 3. The van der Waals surface area contributed by atoms with Crippen LogP contribution in [0.4, 0.5) is 0 Å². The van der Waals surface area contributed by atoms with E-state index in [-0.39, 0.29) is 5.41 Å². The standard InChI is InChI=1S/C25H24O/c1-24(2,3)21-16-14-20(15-17-21)18-19-25(26,22-10-6-4-7-11-22)23-12-8-5-9-13-23/h4-17,26H,1-3H3. The third-order valence-electron chi connectivity index (χ3n) is 4.52. The van der Waals surface area contributed by atoms with E-state index in [4.69, 9.17) is 0 Å². The Kier molecular flexibility index (Phi) is 4.98. The maximum absolute atomic E-state index is 11.4. The van der Waals surface area contributed by atoms with Crippen molar-refractivity contribution in [3.05, 3.63) is 107 Å². The Bertz CT molecular complexity index is 866. The van der Waals surface area contributed by atoms with E-state index in [9.17, 15) is 5.11 Å². The van der Waals surface area contributed by atoms with E-state index in [0.29, 0.717) is 0 Å². The SMILES string of the molecule is CC(C)(C)c1ccc(C#CC(O)(c2ccccc2)c2ccccc2)cc1. The molecule has 3 rings (SSSR count). The normalized spacial score (nSPS) is 11.5. The fraction of sp³-hybridized carbons (Fsp3) is 0.200. The summed E-state index contributed by atoms with van der Waals surface area (Å²) >= 11 is 0. The van der Waals surface area contributed by atoms with Gasteiger partial charge in [0.1, 0.15) is 0 Å². The summed E-state index contributed by atoms with van der Waals surface area (Å²) in [6.45, 7) is 6.58. The molecule has 0 aliphatic heterocycles. The average Bonchev–Trinajstić information content (AvgIpc) is 2.67. The van der Waals surface area contributed by atoms with Crippen molar-refractivity contribution in [2.45, 2.75) is 31.8 Å². The van der Waals surface area contributed by atoms with Gasteiger partial charge in [-0.1, -0.05) is 105 Å². The molecular formula is C25H24O. The minimum Gasteiger partial charge on any atom is -0.369 e. The summed E-state index contributed by atoms with van der Waals surface area (Å²) in [5.74, 6) is 6.27. The predicted octanol–water partition coefficient (Wildman–Crippen LogP) is 5.27. The lowest BCUT2D eigenvalue weighted by Gasteiger charge is -2.23. The highest BCUT2D eigenvalue weighted by molar-refractivity contribution is 5.48. The van der Waals surface area contributed by atoms with Crippen molar-refractivity contribution < 1.29 is 5.11 Å². The molecule has 0 amide bonds. The molecule has 0 aliphatic rings. The highest BCUT2D eigenvalue weighted by Gasteiger charge is 2.29. The van der Waals surface area contributed by atoms with Crippen LogP contribution in [0.3, 0.4) is 0 Å². The molecule has 0 atom stereocenters. The van der Waals surface area contributed by atoms with E-state index in [1.165, 1.54) is 5.56 Å². The summed E-state index contributed by atoms with van der Waals surface area (Å²) in [4.78, 5) is 0. The number of hydrogen-bond acceptors (Lipinski definition) is 1. The second-order valence-electron chi connectivity index (χ2n) is 7.52. The fourth-order valence-electron chi connectivity index (χ4n) is 2.89. The quantitative estimate of drug-likeness (QED) is 0.630. The molecule has 0 spiro atoms. The highest BCUT2D eigenvalue weighted by atomic mass is 16.3. The Morgan fingerprint density at radius 2 is 1.08 bits per heavy atom. The average molecular weight is 340 g/mol. The minimum absolute atomic E-state index is 0.112. The van der Waals surface area contributed by atoms with E-state index in [0.717, 1.165) is 16.7 Å². The van der Waals surface area contributed by atoms with E-state index in [1.54, 1.807) is 0 Å². The molecular weight excluding hydrogens is 316 g/mol. The Hall–Kier alpha value is -2.82. The van der Waals surface area contributed by atoms with E-state index >= 15 is 0 Å². The van der Waals surface area contributed by atoms with Crippen LogP contribution in [0, 0.1) is 11.8 Å². The van der Waals surface area contributed by atoms with Crippen LogP contribution in [-0.2, 0) is 11.0 Å². The van der Waals surface area contributed by atoms with Gasteiger partial charge in [-0.25, -0.2) is 0 Å². The molecule has 0 radical (unpaired) electrons. The Morgan fingerprint density at radius 3 is 1.50 bits per heavy atom. The smallest absolute Gasteiger partial charge is 0.177 e. The van der Waals surface area contributed by atoms with Crippen LogP contribution >= 0.6 is 0 Å². The second-order valence-corrected chi connectivity index (χ2v) is 7.52. The summed E-state index contributed by atoms with van der Waals surface area (Å²) in [6, 6.07) is 27.4. The zero-order valence-corrected chi connectivity index (χ0v) is 15.5. The molecule has 0 fully saturated rings. The van der Waals surface area contributed by atoms with Gasteiger partial charge in [-0.3, -0.25) is 0 Å². The van der Waals surface area contributed by atoms with Crippen LogP contribution in [0.1, 0.15) is 43.0 Å². The monoisotopic (exact) mass is 340 g/mol. The summed E-state index contributed by atoms with van der Waals surface area (Å²) in [5.41, 5.74) is 2.47. The Labute approximate surface area is 156 Å². The molecule has 130 valence electrons. The number of aliphatic hydroxyl groups is 1. The van der Waals surface area contributed by atoms with Crippen molar-refractivity contribution in [1.29, 1.82) is 0 Å². The van der Waals surface area contributed by atoms with Gasteiger partial charge in [-0.15, -0.1) is 0 Å². The maximum Gasteiger partial charge on any atom is 0.177 e. The lowest BCUT2D eigenvalue weighted by molar-refractivity contribution is 0.145. The lowest BCUT2D eigenvalue weighted by Crippen LogP contribution is -2.25. The first-order valence-corrected chi connectivity index (χ1v) is 8.87. The zero-order valence-electron chi connectivity index (χ0n) is 15.5. The molecule has 0 aromatic heterocycles. The third-order valence-corrected chi connectivity index (χ3v) is 4.52. The second kappa shape index (κ2) is 7.20. The first-order chi connectivity index (χ1) is 12.4. The van der Waals surface area contributed by atoms with Gasteiger partial charge in [0.15, 0.2) is 5.60 Å². The molecule has 0 unspecified atom stereocenters. The van der Waals surface area contributed by atoms with Gasteiger partial charge in [0.2, 0.25) is 0 Å². The number of hydrogen-bond donors (Lipinski definition) is 1. The molecule has 3 aromatic rings. The summed E-state index contributed by atoms with van der Waals surface area (Å²) < 4.78 is 0. The molecule has 0 saturated heterocycles. The minimum atomic E-state index is -1.34. The fourth-order valence-corrected chi connectivity index (χ4v) is 2.89. The molecule has 0 aliphatic carbocycles. The molecule has 1 heteroatoms. The molecule has 1 nitrogen and oxygen atoms in total. The van der Waals surface area contributed by atoms with Gasteiger partial charge in [0.25, 0.3) is 0 Å². The van der Waals surface area contributed by atoms with E-state index in [1.807, 2.05) is 72.8 Å². The van der Waals surface area contributed by atoms with Crippen molar-refractivity contribution in [3.8, 4) is 11.8 Å². The third kappa shape index (κ3) is 3.87. The van der Waals surface area contributed by atoms with Crippen LogP contribution in [-0.4, -0.2) is 5.11 Å². The molecule has 1 N–H and O–H groups in total. The van der Waals surface area contributed by atoms with Gasteiger partial charge in [0, 0.05) is 16.7 Å². The first-order valence-electron chi connectivity index (χ1n) is 8.87. The van der Waals surface area contributed by atoms with Crippen LogP contribution in [0.2, 0.25) is 0 Å². The predicted molar refractivity (Wildman–Crippen MR) is 108 cm³/mol. The molecule has 26 heavy (non-hydrogen) atoms. The summed E-state index contributed by atoms with van der Waals surface area (Å²) in [6.07, 6.45) is 0. The largest absolute Gasteiger partial charge is 0.369 e. The van der Waals surface area contributed by atoms with Gasteiger partial charge in [-0.2, -0.15) is 0 Å². The van der Waals surface area contributed by atoms with E-state index < -0.39 is 5.60 Å². The van der Waals surface area contributed by atoms with Crippen LogP contribution in [0.25, 0.3) is 0 Å². The highest BCUT2D eigenvalue weighted by Crippen LogP contribution is 2.29. The van der Waals surface area contributed by atoms with Crippen molar-refractivity contribution in [1.82, 2.24) is 0 Å². The zero-order chi connectivity index (χ0) is 18.6. The molecule has 0 heterocycles. The van der Waals surface area contributed by atoms with Crippen molar-refractivity contribution in [3.63, 3.8) is 0 Å². The molecule has 3 aromatic carbocycles. The molecule has 0 bridgehead atoms. The lowest BCUT2D eigenvalue weighted by atomic mass is 9.86. The van der Waals surface area contributed by atoms with Gasteiger partial charge < -0.3 is 5.11 Å². The summed E-state index contributed by atoms with van der Waals surface area (Å²) in [7, 11) is 0. The van der Waals surface area contributed by atoms with Gasteiger partial charge >= 0.3 is 0 Å². The number of rotatable bonds is 2. The Morgan fingerprint density at radius 1 is 0.615 bits per heavy atom. The van der Waals surface area contributed by atoms with Crippen LogP contribution < -0.4 is 0 Å². The summed E-state index contributed by atoms with van der Waals surface area (Å²) in [5, 5.41) is 11.4. The molecule has 0 saturated carbocycles. The van der Waals surface area contributed by atoms with Gasteiger partial charge in [-0.05, 0) is 23.1 Å². The Balaban J connectivity index is 2.02. The van der Waals surface area contributed by atoms with Crippen molar-refractivity contribution in [2.24, 2.45) is 0 Å². The van der Waals surface area contributed by atoms with Crippen molar-refractivity contribution in [2.75, 3.05) is 0 Å².